The van der Waals surface area contributed by atoms with Gasteiger partial charge in [-0.05, 0) is 60.5 Å². The van der Waals surface area contributed by atoms with Crippen molar-refractivity contribution in [3.63, 3.8) is 0 Å². The summed E-state index contributed by atoms with van der Waals surface area (Å²) in [5.41, 5.74) is 17.1. The molecule has 0 saturated carbocycles. The molecule has 0 heterocycles. The van der Waals surface area contributed by atoms with Gasteiger partial charge in [-0.15, -0.1) is 69.1 Å². The van der Waals surface area contributed by atoms with E-state index >= 15 is 0 Å². The summed E-state index contributed by atoms with van der Waals surface area (Å²) in [5, 5.41) is 5.49. The summed E-state index contributed by atoms with van der Waals surface area (Å²) in [7, 11) is 11.0. The van der Waals surface area contributed by atoms with Crippen LogP contribution in [0.2, 0.25) is 13.1 Å². The van der Waals surface area contributed by atoms with Crippen LogP contribution >= 0.6 is 17.0 Å². The normalized spacial score (nSPS) is 11.9. The summed E-state index contributed by atoms with van der Waals surface area (Å²) in [4.78, 5) is 0. The fraction of sp³-hybridized carbons (Fsp3) is 0.423. The molecule has 0 aliphatic carbocycles. The molecule has 0 N–H and O–H groups in total. The predicted octanol–water partition coefficient (Wildman–Crippen LogP) is 17.0. The summed E-state index contributed by atoms with van der Waals surface area (Å²) in [6.07, 6.45) is 0. The van der Waals surface area contributed by atoms with Gasteiger partial charge in [0.05, 0.1) is 0 Å². The summed E-state index contributed by atoms with van der Waals surface area (Å²) in [5.74, 6) is 0. The Kier molecular flexibility index (Phi) is 16.5. The monoisotopic (exact) mass is 880 g/mol. The molecule has 0 spiro atoms. The van der Waals surface area contributed by atoms with Gasteiger partial charge in [-0.25, -0.2) is 0 Å². The van der Waals surface area contributed by atoms with Crippen molar-refractivity contribution >= 4 is 48.1 Å². The fourth-order valence-electron chi connectivity index (χ4n) is 7.54. The van der Waals surface area contributed by atoms with Crippen LogP contribution in [0.5, 0.6) is 0 Å². The first-order valence-corrected chi connectivity index (χ1v) is 28.3. The van der Waals surface area contributed by atoms with E-state index in [-0.39, 0.29) is 21.7 Å². The standard InChI is InChI=1S/2C25H31.C2H6Si.2ClH.Zr/c2*1-16-11-17(2)13-19(12-16)23-21-15-20(24(3,4)5)14-18(21)9-10-22(23)25(6,7)8;1-3-2;;;/h2*9-15H,1-8H3;1-2H3;2*1H;/q2*-1;;;;+4/p-2. The van der Waals surface area contributed by atoms with E-state index in [4.69, 9.17) is 17.0 Å². The van der Waals surface area contributed by atoms with Crippen molar-refractivity contribution in [1.82, 2.24) is 0 Å². The van der Waals surface area contributed by atoms with Crippen molar-refractivity contribution in [2.24, 2.45) is 0 Å². The first-order valence-electron chi connectivity index (χ1n) is 20.0. The van der Waals surface area contributed by atoms with E-state index in [1.807, 2.05) is 0 Å². The second-order valence-corrected chi connectivity index (χ2v) is 24.5. The Bertz CT molecular complexity index is 2020. The van der Waals surface area contributed by atoms with Crippen molar-refractivity contribution in [1.29, 1.82) is 0 Å². The molecule has 298 valence electrons. The number of fused-ring (bicyclic) bond motifs is 2. The molecule has 6 rings (SSSR count). The van der Waals surface area contributed by atoms with Crippen molar-refractivity contribution in [3.05, 3.63) is 129 Å². The van der Waals surface area contributed by atoms with Crippen LogP contribution in [0, 0.1) is 27.7 Å². The summed E-state index contributed by atoms with van der Waals surface area (Å²) in [6, 6.07) is 32.7. The zero-order valence-electron chi connectivity index (χ0n) is 37.8. The molecule has 0 nitrogen and oxygen atoms in total. The van der Waals surface area contributed by atoms with Gasteiger partial charge in [0.1, 0.15) is 0 Å². The molecule has 0 aromatic heterocycles. The quantitative estimate of drug-likeness (QED) is 0.120. The van der Waals surface area contributed by atoms with Crippen molar-refractivity contribution in [2.45, 2.75) is 146 Å². The van der Waals surface area contributed by atoms with Crippen molar-refractivity contribution < 1.29 is 20.8 Å². The average Bonchev–Trinajstić information content (AvgIpc) is 3.69. The molecule has 0 unspecified atom stereocenters. The number of hydrogen-bond donors (Lipinski definition) is 0. The van der Waals surface area contributed by atoms with Gasteiger partial charge in [0, 0.05) is 9.52 Å². The van der Waals surface area contributed by atoms with Crippen LogP contribution in [-0.2, 0) is 42.5 Å². The van der Waals surface area contributed by atoms with Gasteiger partial charge in [-0.3, -0.25) is 0 Å². The minimum atomic E-state index is -0.826. The Labute approximate surface area is 363 Å². The molecule has 0 amide bonds. The second-order valence-electron chi connectivity index (χ2n) is 19.8. The Balaban J connectivity index is 0.000000264. The average molecular weight is 883 g/mol. The topological polar surface area (TPSA) is 0 Å². The molecule has 0 fully saturated rings. The Morgan fingerprint density at radius 3 is 0.946 bits per heavy atom. The summed E-state index contributed by atoms with van der Waals surface area (Å²) in [6.45, 7) is 40.7. The predicted molar refractivity (Wildman–Crippen MR) is 253 cm³/mol. The Morgan fingerprint density at radius 1 is 0.446 bits per heavy atom. The summed E-state index contributed by atoms with van der Waals surface area (Å²) >= 11 is -0.826. The van der Waals surface area contributed by atoms with Gasteiger partial charge < -0.3 is 0 Å². The van der Waals surface area contributed by atoms with Gasteiger partial charge in [0.25, 0.3) is 0 Å². The van der Waals surface area contributed by atoms with Crippen LogP contribution in [0.15, 0.2) is 84.9 Å². The van der Waals surface area contributed by atoms with Gasteiger partial charge >= 0.3 is 37.9 Å². The third kappa shape index (κ3) is 12.4. The van der Waals surface area contributed by atoms with E-state index in [0.717, 1.165) is 9.52 Å². The van der Waals surface area contributed by atoms with E-state index < -0.39 is 20.8 Å². The molecule has 0 aliphatic heterocycles. The molecule has 0 saturated heterocycles. The molecule has 4 heteroatoms. The summed E-state index contributed by atoms with van der Waals surface area (Å²) < 4.78 is 0. The number of halogens is 2. The Morgan fingerprint density at radius 2 is 0.714 bits per heavy atom. The molecule has 0 aliphatic rings. The molecule has 6 aromatic rings. The Hall–Kier alpha value is -2.22. The maximum absolute atomic E-state index is 4.93. The van der Waals surface area contributed by atoms with Crippen LogP contribution in [0.4, 0.5) is 0 Å². The minimum absolute atomic E-state index is 0.111. The molecule has 2 radical (unpaired) electrons. The van der Waals surface area contributed by atoms with Crippen molar-refractivity contribution in [3.8, 4) is 22.3 Å². The zero-order valence-corrected chi connectivity index (χ0v) is 42.8. The third-order valence-corrected chi connectivity index (χ3v) is 10.1. The number of rotatable bonds is 2. The number of hydrogen-bond acceptors (Lipinski definition) is 0. The van der Waals surface area contributed by atoms with Crippen LogP contribution in [0.25, 0.3) is 43.8 Å². The first kappa shape index (κ1) is 48.2. The van der Waals surface area contributed by atoms with Gasteiger partial charge in [0.15, 0.2) is 0 Å². The van der Waals surface area contributed by atoms with Crippen LogP contribution in [0.1, 0.15) is 128 Å². The van der Waals surface area contributed by atoms with E-state index in [1.165, 1.54) is 88.3 Å². The van der Waals surface area contributed by atoms with E-state index in [2.05, 4.69) is 209 Å². The third-order valence-electron chi connectivity index (χ3n) is 10.1. The second kappa shape index (κ2) is 19.2. The fourth-order valence-corrected chi connectivity index (χ4v) is 7.54. The van der Waals surface area contributed by atoms with Crippen LogP contribution < -0.4 is 0 Å². The van der Waals surface area contributed by atoms with Gasteiger partial charge in [-0.2, -0.15) is 12.1 Å². The molecule has 56 heavy (non-hydrogen) atoms. The molecular weight excluding hydrogens is 815 g/mol. The first-order chi connectivity index (χ1) is 25.8. The molecular formula is C52H68Cl2SiZr. The SMILES string of the molecule is C[Si]C.Cc1cc(C)cc(-c2c(C(C)(C)C)ccc3[cH-]c(C(C)(C)C)cc23)c1.Cc1cc(C)cc(-c2c(C(C)(C)C)ccc3[cH-]c(C(C)(C)C)cc23)c1.[Cl][Zr+2][Cl]. The van der Waals surface area contributed by atoms with Crippen LogP contribution in [0.3, 0.4) is 0 Å². The van der Waals surface area contributed by atoms with Gasteiger partial charge in [0.2, 0.25) is 0 Å². The molecule has 0 atom stereocenters. The molecule has 6 aromatic carbocycles. The van der Waals surface area contributed by atoms with E-state index in [9.17, 15) is 0 Å². The number of aryl methyl sites for hydroxylation is 4. The maximum atomic E-state index is 4.93. The zero-order chi connectivity index (χ0) is 42.6. The van der Waals surface area contributed by atoms with Gasteiger partial charge in [-0.1, -0.05) is 177 Å². The van der Waals surface area contributed by atoms with E-state index in [1.54, 1.807) is 0 Å². The molecule has 0 bridgehead atoms. The van der Waals surface area contributed by atoms with Crippen LogP contribution in [-0.4, -0.2) is 9.52 Å². The van der Waals surface area contributed by atoms with Crippen molar-refractivity contribution in [2.75, 3.05) is 0 Å². The number of benzene rings is 4. The van der Waals surface area contributed by atoms with E-state index in [0.29, 0.717) is 0 Å².